The molecule has 6 heteroatoms. The summed E-state index contributed by atoms with van der Waals surface area (Å²) >= 11 is 5.88. The third-order valence-electron chi connectivity index (χ3n) is 1.81. The minimum Gasteiger partial charge on any atom is -0.497 e. The first-order chi connectivity index (χ1) is 8.02. The Bertz CT molecular complexity index is 471. The Balaban J connectivity index is 2.75. The lowest BCUT2D eigenvalue weighted by atomic mass is 10.3. The highest BCUT2D eigenvalue weighted by molar-refractivity contribution is 6.34. The fourth-order valence-electron chi connectivity index (χ4n) is 1.05. The molecule has 1 aromatic rings. The number of ether oxygens (including phenoxy) is 1. The molecule has 1 rings (SSSR count). The van der Waals surface area contributed by atoms with Crippen LogP contribution in [0.2, 0.25) is 5.02 Å². The van der Waals surface area contributed by atoms with Crippen molar-refractivity contribution < 1.29 is 19.4 Å². The molecule has 5 nitrogen and oxygen atoms in total. The predicted octanol–water partition coefficient (Wildman–Crippen LogP) is 1.93. The van der Waals surface area contributed by atoms with E-state index in [0.717, 1.165) is 12.2 Å². The molecule has 0 aliphatic carbocycles. The first-order valence-corrected chi connectivity index (χ1v) is 4.96. The van der Waals surface area contributed by atoms with Crippen LogP contribution in [0.1, 0.15) is 0 Å². The second-order valence-electron chi connectivity index (χ2n) is 3.01. The number of carbonyl (C=O) groups is 2. The minimum atomic E-state index is -1.19. The molecule has 0 saturated carbocycles. The molecule has 0 aliphatic heterocycles. The van der Waals surface area contributed by atoms with Gasteiger partial charge in [0.05, 0.1) is 17.8 Å². The maximum atomic E-state index is 11.3. The summed E-state index contributed by atoms with van der Waals surface area (Å²) in [5.74, 6) is -1.20. The van der Waals surface area contributed by atoms with Crippen molar-refractivity contribution in [3.05, 3.63) is 35.4 Å². The molecular weight excluding hydrogens is 246 g/mol. The number of amides is 1. The Morgan fingerprint density at radius 3 is 2.65 bits per heavy atom. The van der Waals surface area contributed by atoms with Gasteiger partial charge in [-0.25, -0.2) is 4.79 Å². The smallest absolute Gasteiger partial charge is 0.328 e. The first kappa shape index (κ1) is 13.1. The molecule has 1 amide bonds. The Morgan fingerprint density at radius 1 is 1.41 bits per heavy atom. The number of carboxylic acids is 1. The van der Waals surface area contributed by atoms with E-state index in [0.29, 0.717) is 16.5 Å². The van der Waals surface area contributed by atoms with Crippen molar-refractivity contribution in [1.29, 1.82) is 0 Å². The van der Waals surface area contributed by atoms with Crippen LogP contribution in [0.25, 0.3) is 0 Å². The molecule has 0 saturated heterocycles. The van der Waals surface area contributed by atoms with Crippen LogP contribution in [-0.2, 0) is 9.59 Å². The Labute approximate surface area is 103 Å². The SMILES string of the molecule is COc1ccc(NC(=O)/C=C/C(=O)O)c(Cl)c1. The van der Waals surface area contributed by atoms with Gasteiger partial charge in [0.15, 0.2) is 0 Å². The molecule has 0 heterocycles. The summed E-state index contributed by atoms with van der Waals surface area (Å²) in [6, 6.07) is 4.73. The number of anilines is 1. The van der Waals surface area contributed by atoms with Crippen LogP contribution in [0.4, 0.5) is 5.69 Å². The molecule has 0 fully saturated rings. The average molecular weight is 256 g/mol. The monoisotopic (exact) mass is 255 g/mol. The van der Waals surface area contributed by atoms with E-state index in [1.807, 2.05) is 0 Å². The van der Waals surface area contributed by atoms with Gasteiger partial charge < -0.3 is 15.2 Å². The van der Waals surface area contributed by atoms with Crippen LogP contribution in [-0.4, -0.2) is 24.1 Å². The van der Waals surface area contributed by atoms with E-state index in [2.05, 4.69) is 5.32 Å². The molecule has 0 aliphatic rings. The minimum absolute atomic E-state index is 0.307. The quantitative estimate of drug-likeness (QED) is 0.806. The number of nitrogens with one attached hydrogen (secondary N) is 1. The maximum Gasteiger partial charge on any atom is 0.328 e. The van der Waals surface area contributed by atoms with E-state index in [-0.39, 0.29) is 0 Å². The number of methoxy groups -OCH3 is 1. The van der Waals surface area contributed by atoms with Gasteiger partial charge in [0.2, 0.25) is 5.91 Å². The van der Waals surface area contributed by atoms with Gasteiger partial charge in [-0.05, 0) is 12.1 Å². The zero-order valence-electron chi connectivity index (χ0n) is 8.94. The Kier molecular flexibility index (Phi) is 4.54. The fraction of sp³-hybridized carbons (Fsp3) is 0.0909. The highest BCUT2D eigenvalue weighted by Gasteiger charge is 2.04. The van der Waals surface area contributed by atoms with E-state index >= 15 is 0 Å². The van der Waals surface area contributed by atoms with Crippen LogP contribution < -0.4 is 10.1 Å². The Hall–Kier alpha value is -2.01. The van der Waals surface area contributed by atoms with Crippen LogP contribution in [0.5, 0.6) is 5.75 Å². The van der Waals surface area contributed by atoms with Crippen molar-refractivity contribution in [1.82, 2.24) is 0 Å². The molecule has 0 atom stereocenters. The molecule has 0 spiro atoms. The van der Waals surface area contributed by atoms with Crippen LogP contribution in [0.15, 0.2) is 30.4 Å². The van der Waals surface area contributed by atoms with Gasteiger partial charge in [-0.1, -0.05) is 11.6 Å². The van der Waals surface area contributed by atoms with Gasteiger partial charge in [0.1, 0.15) is 5.75 Å². The van der Waals surface area contributed by atoms with Crippen molar-refractivity contribution in [2.75, 3.05) is 12.4 Å². The fourth-order valence-corrected chi connectivity index (χ4v) is 1.26. The molecule has 0 bridgehead atoms. The molecule has 90 valence electrons. The molecule has 0 unspecified atom stereocenters. The zero-order valence-corrected chi connectivity index (χ0v) is 9.69. The Morgan fingerprint density at radius 2 is 2.12 bits per heavy atom. The lowest BCUT2D eigenvalue weighted by molar-refractivity contribution is -0.131. The molecule has 1 aromatic carbocycles. The van der Waals surface area contributed by atoms with Gasteiger partial charge in [0, 0.05) is 18.2 Å². The number of hydrogen-bond donors (Lipinski definition) is 2. The molecule has 0 aromatic heterocycles. The second kappa shape index (κ2) is 5.91. The van der Waals surface area contributed by atoms with Crippen molar-refractivity contribution in [2.24, 2.45) is 0 Å². The summed E-state index contributed by atoms with van der Waals surface area (Å²) in [5.41, 5.74) is 0.382. The van der Waals surface area contributed by atoms with E-state index in [1.54, 1.807) is 12.1 Å². The summed E-state index contributed by atoms with van der Waals surface area (Å²) in [6.45, 7) is 0. The average Bonchev–Trinajstić information content (AvgIpc) is 2.29. The summed E-state index contributed by atoms with van der Waals surface area (Å²) < 4.78 is 4.95. The van der Waals surface area contributed by atoms with Gasteiger partial charge in [0.25, 0.3) is 0 Å². The summed E-state index contributed by atoms with van der Waals surface area (Å²) in [7, 11) is 1.50. The second-order valence-corrected chi connectivity index (χ2v) is 3.41. The molecule has 0 radical (unpaired) electrons. The largest absolute Gasteiger partial charge is 0.497 e. The van der Waals surface area contributed by atoms with Gasteiger partial charge in [-0.2, -0.15) is 0 Å². The standard InChI is InChI=1S/C11H10ClNO4/c1-17-7-2-3-9(8(12)6-7)13-10(14)4-5-11(15)16/h2-6H,1H3,(H,13,14)(H,15,16)/b5-4+. The van der Waals surface area contributed by atoms with Gasteiger partial charge in [-0.3, -0.25) is 4.79 Å². The summed E-state index contributed by atoms with van der Waals surface area (Å²) in [5, 5.41) is 11.1. The number of hydrogen-bond acceptors (Lipinski definition) is 3. The molecule has 17 heavy (non-hydrogen) atoms. The highest BCUT2D eigenvalue weighted by atomic mass is 35.5. The van der Waals surface area contributed by atoms with Crippen LogP contribution in [0, 0.1) is 0 Å². The lowest BCUT2D eigenvalue weighted by Gasteiger charge is -2.06. The van der Waals surface area contributed by atoms with Crippen molar-refractivity contribution in [3.63, 3.8) is 0 Å². The van der Waals surface area contributed by atoms with E-state index in [1.165, 1.54) is 13.2 Å². The third kappa shape index (κ3) is 4.16. The molecular formula is C11H10ClNO4. The van der Waals surface area contributed by atoms with Crippen molar-refractivity contribution in [2.45, 2.75) is 0 Å². The lowest BCUT2D eigenvalue weighted by Crippen LogP contribution is -2.09. The summed E-state index contributed by atoms with van der Waals surface area (Å²) in [6.07, 6.45) is 1.65. The normalized spacial score (nSPS) is 10.2. The van der Waals surface area contributed by atoms with E-state index in [9.17, 15) is 9.59 Å². The first-order valence-electron chi connectivity index (χ1n) is 4.58. The van der Waals surface area contributed by atoms with Crippen molar-refractivity contribution >= 4 is 29.2 Å². The topological polar surface area (TPSA) is 75.6 Å². The number of benzene rings is 1. The zero-order chi connectivity index (χ0) is 12.8. The van der Waals surface area contributed by atoms with E-state index in [4.69, 9.17) is 21.4 Å². The van der Waals surface area contributed by atoms with Crippen molar-refractivity contribution in [3.8, 4) is 5.75 Å². The van der Waals surface area contributed by atoms with Gasteiger partial charge >= 0.3 is 5.97 Å². The molecule has 2 N–H and O–H groups in total. The maximum absolute atomic E-state index is 11.3. The number of aliphatic carboxylic acids is 1. The number of carboxylic acid groups (broad SMARTS) is 1. The summed E-state index contributed by atoms with van der Waals surface area (Å²) in [4.78, 5) is 21.5. The van der Waals surface area contributed by atoms with Crippen LogP contribution >= 0.6 is 11.6 Å². The number of carbonyl (C=O) groups excluding carboxylic acids is 1. The van der Waals surface area contributed by atoms with E-state index < -0.39 is 11.9 Å². The third-order valence-corrected chi connectivity index (χ3v) is 2.12. The van der Waals surface area contributed by atoms with Crippen LogP contribution in [0.3, 0.4) is 0 Å². The number of halogens is 1. The van der Waals surface area contributed by atoms with Gasteiger partial charge in [-0.15, -0.1) is 0 Å². The number of rotatable bonds is 4. The predicted molar refractivity (Wildman–Crippen MR) is 63.4 cm³/mol. The highest BCUT2D eigenvalue weighted by Crippen LogP contribution is 2.26.